The summed E-state index contributed by atoms with van der Waals surface area (Å²) in [4.78, 5) is 23.1. The van der Waals surface area contributed by atoms with E-state index in [4.69, 9.17) is 5.11 Å². The average molecular weight is 356 g/mol. The Bertz CT molecular complexity index is 734. The summed E-state index contributed by atoms with van der Waals surface area (Å²) >= 11 is 3.10. The molecule has 0 unspecified atom stereocenters. The van der Waals surface area contributed by atoms with Crippen LogP contribution in [0.1, 0.15) is 20.7 Å². The molecule has 21 heavy (non-hydrogen) atoms. The van der Waals surface area contributed by atoms with E-state index in [1.165, 1.54) is 12.1 Å². The number of rotatable bonds is 3. The molecule has 1 amide bonds. The van der Waals surface area contributed by atoms with E-state index >= 15 is 0 Å². The molecule has 0 saturated carbocycles. The number of carboxylic acids is 1. The predicted octanol–water partition coefficient (Wildman–Crippen LogP) is 3.68. The number of hydrogen-bond acceptors (Lipinski definition) is 2. The van der Waals surface area contributed by atoms with Crippen molar-refractivity contribution in [1.82, 2.24) is 0 Å². The molecule has 0 atom stereocenters. The number of halogens is 3. The number of anilines is 1. The number of benzene rings is 2. The smallest absolute Gasteiger partial charge is 0.337 e. The lowest BCUT2D eigenvalue weighted by atomic mass is 10.1. The molecule has 0 heterocycles. The van der Waals surface area contributed by atoms with E-state index < -0.39 is 29.1 Å². The van der Waals surface area contributed by atoms with Crippen molar-refractivity contribution < 1.29 is 23.5 Å². The van der Waals surface area contributed by atoms with Crippen LogP contribution in [0.3, 0.4) is 0 Å². The fourth-order valence-corrected chi connectivity index (χ4v) is 2.09. The van der Waals surface area contributed by atoms with Crippen molar-refractivity contribution in [2.75, 3.05) is 5.32 Å². The minimum absolute atomic E-state index is 0.00402. The van der Waals surface area contributed by atoms with E-state index in [9.17, 15) is 18.4 Å². The Morgan fingerprint density at radius 3 is 2.19 bits per heavy atom. The van der Waals surface area contributed by atoms with Crippen LogP contribution in [0.5, 0.6) is 0 Å². The van der Waals surface area contributed by atoms with Crippen LogP contribution < -0.4 is 5.32 Å². The summed E-state index contributed by atoms with van der Waals surface area (Å²) < 4.78 is 26.6. The monoisotopic (exact) mass is 355 g/mol. The average Bonchev–Trinajstić information content (AvgIpc) is 2.43. The Kier molecular flexibility index (Phi) is 4.32. The molecule has 0 fully saturated rings. The highest BCUT2D eigenvalue weighted by Crippen LogP contribution is 2.22. The molecule has 2 N–H and O–H groups in total. The van der Waals surface area contributed by atoms with Crippen molar-refractivity contribution in [3.63, 3.8) is 0 Å². The molecule has 108 valence electrons. The topological polar surface area (TPSA) is 66.4 Å². The third kappa shape index (κ3) is 3.43. The van der Waals surface area contributed by atoms with Gasteiger partial charge in [0.05, 0.1) is 16.8 Å². The summed E-state index contributed by atoms with van der Waals surface area (Å²) in [5, 5.41) is 11.3. The van der Waals surface area contributed by atoms with Crippen LogP contribution in [0, 0.1) is 11.6 Å². The highest BCUT2D eigenvalue weighted by atomic mass is 79.9. The van der Waals surface area contributed by atoms with Crippen LogP contribution in [0.15, 0.2) is 40.9 Å². The molecule has 7 heteroatoms. The number of carbonyl (C=O) groups is 2. The van der Waals surface area contributed by atoms with Gasteiger partial charge in [-0.1, -0.05) is 0 Å². The first-order chi connectivity index (χ1) is 9.88. The maximum Gasteiger partial charge on any atom is 0.337 e. The van der Waals surface area contributed by atoms with Gasteiger partial charge in [-0.15, -0.1) is 0 Å². The highest BCUT2D eigenvalue weighted by Gasteiger charge is 2.16. The quantitative estimate of drug-likeness (QED) is 0.882. The lowest BCUT2D eigenvalue weighted by Gasteiger charge is -2.09. The minimum Gasteiger partial charge on any atom is -0.478 e. The third-order valence-corrected chi connectivity index (χ3v) is 3.32. The minimum atomic E-state index is -1.39. The van der Waals surface area contributed by atoms with Crippen LogP contribution >= 0.6 is 15.9 Å². The summed E-state index contributed by atoms with van der Waals surface area (Å²) in [6.45, 7) is 0. The van der Waals surface area contributed by atoms with Gasteiger partial charge in [0.2, 0.25) is 0 Å². The summed E-state index contributed by atoms with van der Waals surface area (Å²) in [7, 11) is 0. The molecular formula is C14H8BrF2NO3. The van der Waals surface area contributed by atoms with Gasteiger partial charge in [-0.25, -0.2) is 13.6 Å². The van der Waals surface area contributed by atoms with Crippen molar-refractivity contribution in [1.29, 1.82) is 0 Å². The molecule has 2 aromatic rings. The van der Waals surface area contributed by atoms with Crippen molar-refractivity contribution in [2.45, 2.75) is 0 Å². The molecule has 4 nitrogen and oxygen atoms in total. The third-order valence-electron chi connectivity index (χ3n) is 2.63. The predicted molar refractivity (Wildman–Crippen MR) is 75.4 cm³/mol. The Hall–Kier alpha value is -2.28. The fourth-order valence-electron chi connectivity index (χ4n) is 1.66. The maximum atomic E-state index is 13.2. The molecule has 0 aliphatic rings. The van der Waals surface area contributed by atoms with Gasteiger partial charge in [0.15, 0.2) is 0 Å². The number of amides is 1. The normalized spacial score (nSPS) is 10.2. The molecule has 0 spiro atoms. The first-order valence-electron chi connectivity index (χ1n) is 5.67. The van der Waals surface area contributed by atoms with Gasteiger partial charge in [0.25, 0.3) is 5.91 Å². The Labute approximate surface area is 126 Å². The molecule has 0 saturated heterocycles. The molecular weight excluding hydrogens is 348 g/mol. The zero-order valence-electron chi connectivity index (χ0n) is 10.4. The van der Waals surface area contributed by atoms with Crippen LogP contribution in [-0.4, -0.2) is 17.0 Å². The van der Waals surface area contributed by atoms with E-state index in [1.54, 1.807) is 0 Å². The number of carboxylic acid groups (broad SMARTS) is 1. The van der Waals surface area contributed by atoms with Gasteiger partial charge in [0, 0.05) is 4.47 Å². The lowest BCUT2D eigenvalue weighted by Crippen LogP contribution is -2.15. The second-order valence-electron chi connectivity index (χ2n) is 4.07. The van der Waals surface area contributed by atoms with Gasteiger partial charge < -0.3 is 10.4 Å². The van der Waals surface area contributed by atoms with Gasteiger partial charge in [-0.3, -0.25) is 4.79 Å². The van der Waals surface area contributed by atoms with Crippen LogP contribution in [0.2, 0.25) is 0 Å². The van der Waals surface area contributed by atoms with Crippen molar-refractivity contribution in [2.24, 2.45) is 0 Å². The van der Waals surface area contributed by atoms with Gasteiger partial charge >= 0.3 is 5.97 Å². The SMILES string of the molecule is O=C(Nc1ccc(F)cc1C(=O)O)c1cc(F)ccc1Br. The molecule has 0 aliphatic carbocycles. The standard InChI is InChI=1S/C14H8BrF2NO3/c15-11-3-1-7(16)5-9(11)13(19)18-12-4-2-8(17)6-10(12)14(20)21/h1-6H,(H,18,19)(H,20,21). The molecule has 0 aliphatic heterocycles. The molecule has 0 aromatic heterocycles. The van der Waals surface area contributed by atoms with E-state index in [2.05, 4.69) is 21.2 Å². The molecule has 2 aromatic carbocycles. The lowest BCUT2D eigenvalue weighted by molar-refractivity contribution is 0.0697. The largest absolute Gasteiger partial charge is 0.478 e. The van der Waals surface area contributed by atoms with Crippen molar-refractivity contribution in [3.8, 4) is 0 Å². The zero-order chi connectivity index (χ0) is 15.6. The van der Waals surface area contributed by atoms with Gasteiger partial charge in [0.1, 0.15) is 11.6 Å². The second kappa shape index (κ2) is 6.01. The van der Waals surface area contributed by atoms with Crippen LogP contribution in [0.25, 0.3) is 0 Å². The highest BCUT2D eigenvalue weighted by molar-refractivity contribution is 9.10. The van der Waals surface area contributed by atoms with Crippen LogP contribution in [-0.2, 0) is 0 Å². The number of aromatic carboxylic acids is 1. The Morgan fingerprint density at radius 1 is 1.00 bits per heavy atom. The summed E-state index contributed by atoms with van der Waals surface area (Å²) in [5.41, 5.74) is -0.475. The molecule has 0 radical (unpaired) electrons. The Balaban J connectivity index is 2.36. The van der Waals surface area contributed by atoms with Gasteiger partial charge in [-0.2, -0.15) is 0 Å². The molecule has 2 rings (SSSR count). The number of hydrogen-bond donors (Lipinski definition) is 2. The van der Waals surface area contributed by atoms with E-state index in [0.29, 0.717) is 4.47 Å². The first kappa shape index (κ1) is 15.1. The van der Waals surface area contributed by atoms with Crippen molar-refractivity contribution in [3.05, 3.63) is 63.6 Å². The summed E-state index contributed by atoms with van der Waals surface area (Å²) in [6, 6.07) is 6.46. The number of nitrogens with one attached hydrogen (secondary N) is 1. The first-order valence-corrected chi connectivity index (χ1v) is 6.47. The van der Waals surface area contributed by atoms with E-state index in [-0.39, 0.29) is 11.3 Å². The van der Waals surface area contributed by atoms with Gasteiger partial charge in [-0.05, 0) is 52.3 Å². The Morgan fingerprint density at radius 2 is 1.57 bits per heavy atom. The maximum absolute atomic E-state index is 13.2. The van der Waals surface area contributed by atoms with E-state index in [1.807, 2.05) is 0 Å². The molecule has 0 bridgehead atoms. The summed E-state index contributed by atoms with van der Waals surface area (Å²) in [6.07, 6.45) is 0. The second-order valence-corrected chi connectivity index (χ2v) is 4.93. The zero-order valence-corrected chi connectivity index (χ0v) is 11.9. The fraction of sp³-hybridized carbons (Fsp3) is 0. The summed E-state index contributed by atoms with van der Waals surface area (Å²) in [5.74, 6) is -3.45. The van der Waals surface area contributed by atoms with Crippen LogP contribution in [0.4, 0.5) is 14.5 Å². The number of carbonyl (C=O) groups excluding carboxylic acids is 1. The van der Waals surface area contributed by atoms with Crippen molar-refractivity contribution >= 4 is 33.5 Å². The van der Waals surface area contributed by atoms with E-state index in [0.717, 1.165) is 24.3 Å².